The van der Waals surface area contributed by atoms with Gasteiger partial charge in [-0.3, -0.25) is 4.79 Å². The number of rotatable bonds is 1. The van der Waals surface area contributed by atoms with Crippen LogP contribution < -0.4 is 14.9 Å². The van der Waals surface area contributed by atoms with Gasteiger partial charge in [-0.2, -0.15) is 0 Å². The summed E-state index contributed by atoms with van der Waals surface area (Å²) in [5.41, 5.74) is 1.01. The molecule has 0 radical (unpaired) electrons. The summed E-state index contributed by atoms with van der Waals surface area (Å²) in [6, 6.07) is 5.70. The van der Waals surface area contributed by atoms with E-state index in [1.54, 1.807) is 16.8 Å². The smallest absolute Gasteiger partial charge is 0.223 e. The van der Waals surface area contributed by atoms with Gasteiger partial charge >= 0.3 is 0 Å². The predicted octanol–water partition coefficient (Wildman–Crippen LogP) is 1.88. The molecule has 0 bridgehead atoms. The number of benzene rings is 1. The third kappa shape index (κ3) is 1.55. The zero-order valence-corrected chi connectivity index (χ0v) is 9.64. The number of hydrogen-bond donors (Lipinski definition) is 0. The van der Waals surface area contributed by atoms with Crippen LogP contribution in [0.15, 0.2) is 35.3 Å². The molecule has 0 saturated heterocycles. The molecule has 0 aliphatic carbocycles. The van der Waals surface area contributed by atoms with Gasteiger partial charge in [0.15, 0.2) is 5.75 Å². The monoisotopic (exact) mass is 247 g/mol. The quantitative estimate of drug-likeness (QED) is 0.772. The van der Waals surface area contributed by atoms with Crippen LogP contribution in [0.1, 0.15) is 5.69 Å². The molecule has 0 N–H and O–H groups in total. The largest absolute Gasteiger partial charge is 0.491 e. The molecule has 0 unspecified atom stereocenters. The van der Waals surface area contributed by atoms with Gasteiger partial charge in [0.2, 0.25) is 5.43 Å². The SMILES string of the molecule is COc1cn2c(cc1=O)COc1ccc(F)cc1-2. The van der Waals surface area contributed by atoms with Crippen molar-refractivity contribution in [3.05, 3.63) is 52.2 Å². The molecule has 2 heterocycles. The van der Waals surface area contributed by atoms with Crippen LogP contribution in [0.5, 0.6) is 11.5 Å². The summed E-state index contributed by atoms with van der Waals surface area (Å²) in [5.74, 6) is 0.438. The third-order valence-corrected chi connectivity index (χ3v) is 2.87. The Labute approximate surface area is 102 Å². The van der Waals surface area contributed by atoms with Gasteiger partial charge < -0.3 is 14.0 Å². The fraction of sp³-hybridized carbons (Fsp3) is 0.154. The molecule has 1 aromatic carbocycles. The van der Waals surface area contributed by atoms with Crippen molar-refractivity contribution >= 4 is 0 Å². The fourth-order valence-corrected chi connectivity index (χ4v) is 2.00. The van der Waals surface area contributed by atoms with E-state index in [1.807, 2.05) is 0 Å². The third-order valence-electron chi connectivity index (χ3n) is 2.87. The summed E-state index contributed by atoms with van der Waals surface area (Å²) in [6.07, 6.45) is 1.55. The van der Waals surface area contributed by atoms with Crippen LogP contribution in [0, 0.1) is 5.82 Å². The minimum Gasteiger partial charge on any atom is -0.491 e. The van der Waals surface area contributed by atoms with Gasteiger partial charge in [-0.1, -0.05) is 0 Å². The zero-order chi connectivity index (χ0) is 12.7. The van der Waals surface area contributed by atoms with Gasteiger partial charge in [0.05, 0.1) is 24.7 Å². The highest BCUT2D eigenvalue weighted by Crippen LogP contribution is 2.30. The van der Waals surface area contributed by atoms with Crippen LogP contribution in [-0.2, 0) is 6.61 Å². The highest BCUT2D eigenvalue weighted by Gasteiger charge is 2.18. The predicted molar refractivity (Wildman–Crippen MR) is 62.9 cm³/mol. The van der Waals surface area contributed by atoms with Crippen LogP contribution in [-0.4, -0.2) is 11.7 Å². The lowest BCUT2D eigenvalue weighted by Crippen LogP contribution is -2.19. The first-order valence-electron chi connectivity index (χ1n) is 5.41. The number of hydrogen-bond acceptors (Lipinski definition) is 3. The molecule has 0 spiro atoms. The van der Waals surface area contributed by atoms with Crippen LogP contribution in [0.3, 0.4) is 0 Å². The van der Waals surface area contributed by atoms with Gasteiger partial charge in [0.25, 0.3) is 0 Å². The van der Waals surface area contributed by atoms with Gasteiger partial charge in [0, 0.05) is 12.1 Å². The summed E-state index contributed by atoms with van der Waals surface area (Å²) in [4.78, 5) is 11.6. The fourth-order valence-electron chi connectivity index (χ4n) is 2.00. The summed E-state index contributed by atoms with van der Waals surface area (Å²) >= 11 is 0. The highest BCUT2D eigenvalue weighted by atomic mass is 19.1. The lowest BCUT2D eigenvalue weighted by atomic mass is 10.2. The van der Waals surface area contributed by atoms with Crippen molar-refractivity contribution in [3.63, 3.8) is 0 Å². The molecule has 92 valence electrons. The minimum atomic E-state index is -0.358. The molecule has 1 aliphatic rings. The van der Waals surface area contributed by atoms with Crippen molar-refractivity contribution in [2.45, 2.75) is 6.61 Å². The average molecular weight is 247 g/mol. The van der Waals surface area contributed by atoms with Crippen LogP contribution in [0.4, 0.5) is 4.39 Å². The van der Waals surface area contributed by atoms with Crippen molar-refractivity contribution in [2.75, 3.05) is 7.11 Å². The Hall–Kier alpha value is -2.30. The lowest BCUT2D eigenvalue weighted by molar-refractivity contribution is 0.281. The normalized spacial score (nSPS) is 12.3. The molecule has 1 aliphatic heterocycles. The molecule has 18 heavy (non-hydrogen) atoms. The van der Waals surface area contributed by atoms with E-state index in [0.29, 0.717) is 17.1 Å². The van der Waals surface area contributed by atoms with Crippen LogP contribution in [0.2, 0.25) is 0 Å². The average Bonchev–Trinajstić information content (AvgIpc) is 2.37. The molecule has 0 saturated carbocycles. The Bertz CT molecular complexity index is 678. The summed E-state index contributed by atoms with van der Waals surface area (Å²) in [5, 5.41) is 0. The van der Waals surface area contributed by atoms with Gasteiger partial charge in [0.1, 0.15) is 18.2 Å². The number of ether oxygens (including phenoxy) is 2. The number of pyridine rings is 1. The first-order chi connectivity index (χ1) is 8.69. The number of methoxy groups -OCH3 is 1. The summed E-state index contributed by atoms with van der Waals surface area (Å²) in [7, 11) is 1.43. The Morgan fingerprint density at radius 1 is 1.39 bits per heavy atom. The van der Waals surface area contributed by atoms with Gasteiger partial charge in [-0.05, 0) is 12.1 Å². The molecular weight excluding hydrogens is 237 g/mol. The van der Waals surface area contributed by atoms with E-state index in [1.165, 1.54) is 25.3 Å². The van der Waals surface area contributed by atoms with Gasteiger partial charge in [-0.15, -0.1) is 0 Å². The van der Waals surface area contributed by atoms with E-state index in [-0.39, 0.29) is 23.6 Å². The maximum Gasteiger partial charge on any atom is 0.223 e. The summed E-state index contributed by atoms with van der Waals surface area (Å²) < 4.78 is 25.5. The van der Waals surface area contributed by atoms with E-state index < -0.39 is 0 Å². The first kappa shape index (κ1) is 10.8. The molecule has 1 aromatic heterocycles. The van der Waals surface area contributed by atoms with E-state index >= 15 is 0 Å². The highest BCUT2D eigenvalue weighted by molar-refractivity contribution is 5.50. The standard InChI is InChI=1S/C13H10FNO3/c1-17-13-6-15-9(5-11(13)16)7-18-12-3-2-8(14)4-10(12)15/h2-6H,7H2,1H3. The Kier molecular flexibility index (Phi) is 2.33. The zero-order valence-electron chi connectivity index (χ0n) is 9.64. The maximum absolute atomic E-state index is 13.3. The van der Waals surface area contributed by atoms with E-state index in [4.69, 9.17) is 9.47 Å². The molecule has 0 fully saturated rings. The minimum absolute atomic E-state index is 0.216. The van der Waals surface area contributed by atoms with E-state index in [9.17, 15) is 9.18 Å². The second kappa shape index (κ2) is 3.87. The second-order valence-corrected chi connectivity index (χ2v) is 3.97. The Morgan fingerprint density at radius 3 is 3.00 bits per heavy atom. The van der Waals surface area contributed by atoms with Crippen molar-refractivity contribution < 1.29 is 13.9 Å². The topological polar surface area (TPSA) is 40.5 Å². The lowest BCUT2D eigenvalue weighted by Gasteiger charge is -2.23. The van der Waals surface area contributed by atoms with E-state index in [0.717, 1.165) is 0 Å². The molecule has 3 rings (SSSR count). The Balaban J connectivity index is 2.28. The Morgan fingerprint density at radius 2 is 2.22 bits per heavy atom. The van der Waals surface area contributed by atoms with Crippen molar-refractivity contribution in [3.8, 4) is 17.2 Å². The van der Waals surface area contributed by atoms with Crippen molar-refractivity contribution in [2.24, 2.45) is 0 Å². The number of fused-ring (bicyclic) bond motifs is 3. The van der Waals surface area contributed by atoms with E-state index in [2.05, 4.69) is 0 Å². The van der Waals surface area contributed by atoms with Crippen LogP contribution >= 0.6 is 0 Å². The van der Waals surface area contributed by atoms with Gasteiger partial charge in [-0.25, -0.2) is 4.39 Å². The molecule has 0 atom stereocenters. The van der Waals surface area contributed by atoms with Crippen molar-refractivity contribution in [1.29, 1.82) is 0 Å². The number of aromatic nitrogens is 1. The number of halogens is 1. The van der Waals surface area contributed by atoms with Crippen LogP contribution in [0.25, 0.3) is 5.69 Å². The molecule has 5 heteroatoms. The molecule has 0 amide bonds. The molecular formula is C13H10FNO3. The number of nitrogens with zero attached hydrogens (tertiary/aromatic N) is 1. The second-order valence-electron chi connectivity index (χ2n) is 3.97. The summed E-state index contributed by atoms with van der Waals surface area (Å²) in [6.45, 7) is 0.276. The molecule has 2 aromatic rings. The maximum atomic E-state index is 13.3. The van der Waals surface area contributed by atoms with Crippen molar-refractivity contribution in [1.82, 2.24) is 4.57 Å². The first-order valence-corrected chi connectivity index (χ1v) is 5.41. The molecule has 4 nitrogen and oxygen atoms in total.